The second kappa shape index (κ2) is 37.9. The van der Waals surface area contributed by atoms with Gasteiger partial charge in [0.1, 0.15) is 46.5 Å². The third-order valence-electron chi connectivity index (χ3n) is 20.9. The van der Waals surface area contributed by atoms with Crippen LogP contribution in [-0.2, 0) is 54.9 Å². The van der Waals surface area contributed by atoms with Crippen molar-refractivity contribution in [1.29, 1.82) is 0 Å². The van der Waals surface area contributed by atoms with Gasteiger partial charge in [-0.3, -0.25) is 20.0 Å². The van der Waals surface area contributed by atoms with Crippen LogP contribution >= 0.6 is 54.2 Å². The zero-order valence-electron chi connectivity index (χ0n) is 61.1. The Morgan fingerprint density at radius 3 is 1.03 bits per heavy atom. The van der Waals surface area contributed by atoms with Crippen molar-refractivity contribution in [2.45, 2.75) is 184 Å². The maximum atomic E-state index is 10.6. The molecular weight excluding hydrogens is 1570 g/mol. The van der Waals surface area contributed by atoms with Crippen LogP contribution in [-0.4, -0.2) is 100 Å². The molecular formula is C80H94Cl6N8O6Ti2Zr. The van der Waals surface area contributed by atoms with E-state index in [4.69, 9.17) is 74.2 Å². The Morgan fingerprint density at radius 2 is 0.709 bits per heavy atom. The van der Waals surface area contributed by atoms with Gasteiger partial charge < -0.3 is 30.6 Å². The Balaban J connectivity index is 0.000000185. The molecule has 6 aromatic carbocycles. The molecule has 8 fully saturated rings. The quantitative estimate of drug-likeness (QED) is 0.0509. The molecule has 8 bridgehead atoms. The summed E-state index contributed by atoms with van der Waals surface area (Å²) in [5.41, 5.74) is 17.6. The van der Waals surface area contributed by atoms with E-state index in [0.29, 0.717) is 68.9 Å². The van der Waals surface area contributed by atoms with Gasteiger partial charge in [0, 0.05) is 64.0 Å². The van der Waals surface area contributed by atoms with Crippen molar-refractivity contribution in [3.8, 4) is 34.5 Å². The van der Waals surface area contributed by atoms with Gasteiger partial charge in [0.15, 0.2) is 5.82 Å². The predicted octanol–water partition coefficient (Wildman–Crippen LogP) is 21.2. The molecule has 6 unspecified atom stereocenters. The summed E-state index contributed by atoms with van der Waals surface area (Å²) in [7, 11) is 29.4. The first-order valence-corrected chi connectivity index (χ1v) is 49.6. The number of aromatic hydroxyl groups is 6. The molecule has 0 spiro atoms. The van der Waals surface area contributed by atoms with Crippen molar-refractivity contribution in [2.24, 2.45) is 65.5 Å². The average Bonchev–Trinajstić information content (AvgIpc) is 0.733. The number of nitrogens with zero attached hydrogens (tertiary/aromatic N) is 8. The summed E-state index contributed by atoms with van der Waals surface area (Å²) in [6.45, 7) is 27.3. The van der Waals surface area contributed by atoms with Gasteiger partial charge >= 0.3 is 109 Å². The van der Waals surface area contributed by atoms with Gasteiger partial charge in [-0.15, -0.1) is 0 Å². The molecule has 0 amide bonds. The number of phenols is 6. The molecule has 15 rings (SSSR count). The van der Waals surface area contributed by atoms with Crippen LogP contribution in [0.5, 0.6) is 34.5 Å². The number of benzene rings is 6. The van der Waals surface area contributed by atoms with Crippen LogP contribution in [0.25, 0.3) is 0 Å². The molecule has 103 heavy (non-hydrogen) atoms. The number of hydrogen-bond acceptors (Lipinski definition) is 14. The molecule has 14 nitrogen and oxygen atoms in total. The molecule has 6 atom stereocenters. The average molecular weight is 1660 g/mol. The third-order valence-corrected chi connectivity index (χ3v) is 20.9. The monoisotopic (exact) mass is 1660 g/mol. The van der Waals surface area contributed by atoms with Gasteiger partial charge in [-0.2, -0.15) is 0 Å². The fourth-order valence-electron chi connectivity index (χ4n) is 17.3. The van der Waals surface area contributed by atoms with Crippen LogP contribution < -0.4 is 0 Å². The number of aliphatic imine (C=N–C) groups is 6. The van der Waals surface area contributed by atoms with Gasteiger partial charge in [0.05, 0.1) is 35.1 Å². The predicted molar refractivity (Wildman–Crippen MR) is 417 cm³/mol. The summed E-state index contributed by atoms with van der Waals surface area (Å²) < 4.78 is 0. The number of aryl methyl sites for hydroxylation is 12. The van der Waals surface area contributed by atoms with Crippen molar-refractivity contribution in [1.82, 2.24) is 9.97 Å². The zero-order valence-corrected chi connectivity index (χ0v) is 71.2. The number of halogens is 6. The van der Waals surface area contributed by atoms with Crippen LogP contribution in [0.3, 0.4) is 0 Å². The Labute approximate surface area is 660 Å². The second-order valence-electron chi connectivity index (χ2n) is 29.3. The SMILES string of the molecule is CC(=Nc1cncnc1N=C(C)c1cc(C)cc(C)c1O)c1cc(C)cc(C)c1O.Cc1cc(C)c(O)c(C=NC2C3CC4CC(C3)CC2(N=Cc2cc(C)cc(C)c2O)C4)c1.Cc1cc(C)c(O)c(C=NC2C3CC4CC(C3)CC2(N=Cc2cc(C)cc(C)c2O)C4)c1.[Cl][Ti][Cl].[Cl][Ti][Cl].[Cl][Zr][Cl]. The molecule has 23 heteroatoms. The Kier molecular flexibility index (Phi) is 30.9. The zero-order chi connectivity index (χ0) is 75.4. The molecule has 544 valence electrons. The summed E-state index contributed by atoms with van der Waals surface area (Å²) in [6, 6.07) is 23.9. The number of aromatic nitrogens is 2. The first-order valence-electron chi connectivity index (χ1n) is 34.7. The van der Waals surface area contributed by atoms with Gasteiger partial charge in [-0.1, -0.05) is 36.4 Å². The van der Waals surface area contributed by atoms with E-state index in [0.717, 1.165) is 138 Å². The fraction of sp³-hybridized carbons (Fsp3) is 0.425. The van der Waals surface area contributed by atoms with Gasteiger partial charge in [0.2, 0.25) is 0 Å². The van der Waals surface area contributed by atoms with Gasteiger partial charge in [0.25, 0.3) is 0 Å². The summed E-state index contributed by atoms with van der Waals surface area (Å²) in [4.78, 5) is 38.3. The van der Waals surface area contributed by atoms with E-state index in [1.54, 1.807) is 6.20 Å². The Bertz CT molecular complexity index is 4080. The van der Waals surface area contributed by atoms with Crippen LogP contribution in [0.2, 0.25) is 0 Å². The van der Waals surface area contributed by atoms with Crippen molar-refractivity contribution in [3.05, 3.63) is 185 Å². The van der Waals surface area contributed by atoms with Crippen LogP contribution in [0.1, 0.15) is 178 Å². The van der Waals surface area contributed by atoms with Crippen LogP contribution in [0.4, 0.5) is 11.5 Å². The van der Waals surface area contributed by atoms with E-state index in [1.165, 1.54) is 44.9 Å². The van der Waals surface area contributed by atoms with Crippen LogP contribution in [0.15, 0.2) is 115 Å². The van der Waals surface area contributed by atoms with E-state index < -0.39 is 54.9 Å². The molecule has 0 radical (unpaired) electrons. The first-order chi connectivity index (χ1) is 48.9. The molecule has 0 aliphatic heterocycles. The molecule has 8 aliphatic carbocycles. The molecule has 8 saturated carbocycles. The second-order valence-corrected chi connectivity index (χ2v) is 38.1. The molecule has 0 saturated heterocycles. The third kappa shape index (κ3) is 21.2. The van der Waals surface area contributed by atoms with E-state index in [-0.39, 0.29) is 34.7 Å². The summed E-state index contributed by atoms with van der Waals surface area (Å²) in [6.07, 6.45) is 22.5. The van der Waals surface area contributed by atoms with Gasteiger partial charge in [-0.25, -0.2) is 20.0 Å². The van der Waals surface area contributed by atoms with Crippen molar-refractivity contribution >= 4 is 102 Å². The summed E-state index contributed by atoms with van der Waals surface area (Å²) >= 11 is -1.94. The molecule has 1 aromatic heterocycles. The molecule has 6 N–H and O–H groups in total. The molecule has 1 heterocycles. The van der Waals surface area contributed by atoms with E-state index in [2.05, 4.69) is 47.6 Å². The normalized spacial score (nSPS) is 23.4. The topological polar surface area (TPSA) is 221 Å². The minimum absolute atomic E-state index is 0.125. The number of rotatable bonds is 12. The Morgan fingerprint density at radius 1 is 0.427 bits per heavy atom. The van der Waals surface area contributed by atoms with Crippen molar-refractivity contribution in [3.63, 3.8) is 0 Å². The minimum atomic E-state index is -0.826. The van der Waals surface area contributed by atoms with E-state index >= 15 is 0 Å². The fourth-order valence-corrected chi connectivity index (χ4v) is 17.3. The van der Waals surface area contributed by atoms with Crippen molar-refractivity contribution in [2.75, 3.05) is 0 Å². The number of hydrogen-bond donors (Lipinski definition) is 6. The van der Waals surface area contributed by atoms with E-state index in [9.17, 15) is 30.6 Å². The van der Waals surface area contributed by atoms with Crippen LogP contribution in [0, 0.1) is 119 Å². The molecule has 7 aromatic rings. The Hall–Kier alpha value is -4.73. The van der Waals surface area contributed by atoms with Crippen molar-refractivity contribution < 1.29 is 85.6 Å². The standard InChI is InChI=1S/2C28H34N2O2.C24H26N4O2.6ClH.2Ti.Zr/c2*1-16-5-18(3)25(31)23(7-16)14-29-27-22-10-20-9-21(11-22)13-28(27,12-20)30-15-24-8-17(2)6-19(4)26(24)32;1-13-7-15(3)22(29)19(9-13)17(5)27-21-11-25-12-26-24(21)28-18(6)20-10-14(2)8-16(4)23(20)30;;;;;;;;;/h2*5-8,14-15,20-22,27,31-32H,9-13H2,1-4H3;7-12,29-30H,1-6H3;6*1H;;;/q;;;;;;;;;3*+2/p-6. The summed E-state index contributed by atoms with van der Waals surface area (Å²) in [5, 5.41) is 63.2. The number of phenolic OH excluding ortho intramolecular Hbond substituents is 6. The van der Waals surface area contributed by atoms with Gasteiger partial charge in [-0.05, 0) is 300 Å². The maximum absolute atomic E-state index is 10.6. The van der Waals surface area contributed by atoms with E-state index in [1.807, 2.05) is 167 Å². The first kappa shape index (κ1) is 83.9. The molecule has 8 aliphatic rings. The summed E-state index contributed by atoms with van der Waals surface area (Å²) in [5.74, 6) is 6.14.